The summed E-state index contributed by atoms with van der Waals surface area (Å²) in [6.45, 7) is 0.987. The molecule has 0 spiro atoms. The Morgan fingerprint density at radius 2 is 2.05 bits per heavy atom. The number of nitrogens with one attached hydrogen (secondary N) is 2. The maximum Gasteiger partial charge on any atom is 0.333 e. The van der Waals surface area contributed by atoms with Crippen LogP contribution in [0.25, 0.3) is 0 Å². The van der Waals surface area contributed by atoms with E-state index in [4.69, 9.17) is 21.9 Å². The molecule has 0 unspecified atom stereocenters. The van der Waals surface area contributed by atoms with Gasteiger partial charge in [0.05, 0.1) is 33.0 Å². The third kappa shape index (κ3) is 6.53. The quantitative estimate of drug-likeness (QED) is 0.151. The highest BCUT2D eigenvalue weighted by Gasteiger charge is 2.42. The van der Waals surface area contributed by atoms with Gasteiger partial charge in [-0.25, -0.2) is 9.97 Å². The Bertz CT molecular complexity index is 1410. The zero-order chi connectivity index (χ0) is 26.9. The Kier molecular flexibility index (Phi) is 8.62. The monoisotopic (exact) mass is 630 g/mol. The van der Waals surface area contributed by atoms with Crippen LogP contribution in [0.4, 0.5) is 5.82 Å². The van der Waals surface area contributed by atoms with Crippen molar-refractivity contribution in [3.8, 4) is 0 Å². The second kappa shape index (κ2) is 11.4. The molecule has 7 N–H and O–H groups in total. The van der Waals surface area contributed by atoms with E-state index < -0.39 is 46.3 Å². The number of hydrogen-bond donors (Lipinski definition) is 6. The molecule has 0 bridgehead atoms. The molecular weight excluding hydrogens is 610 g/mol. The van der Waals surface area contributed by atoms with Gasteiger partial charge >= 0.3 is 10.3 Å². The summed E-state index contributed by atoms with van der Waals surface area (Å²) in [6.07, 6.45) is -0.0188. The van der Waals surface area contributed by atoms with Gasteiger partial charge < -0.3 is 21.3 Å². The van der Waals surface area contributed by atoms with E-state index in [1.807, 2.05) is 24.3 Å². The summed E-state index contributed by atoms with van der Waals surface area (Å²) in [6, 6.07) is 7.72. The second-order valence-corrected chi connectivity index (χ2v) is 12.1. The molecule has 1 aromatic carbocycles. The molecule has 2 aromatic heterocycles. The molecule has 4 rings (SSSR count). The Balaban J connectivity index is 1.54. The summed E-state index contributed by atoms with van der Waals surface area (Å²) in [4.78, 5) is 21.8. The molecule has 0 aliphatic heterocycles. The number of hydrogen-bond acceptors (Lipinski definition) is 10. The van der Waals surface area contributed by atoms with E-state index in [1.54, 1.807) is 10.8 Å². The smallest absolute Gasteiger partial charge is 0.333 e. The Labute approximate surface area is 230 Å². The highest BCUT2D eigenvalue weighted by molar-refractivity contribution is 9.10. The lowest BCUT2D eigenvalue weighted by molar-refractivity contribution is 0.0228. The fraction of sp³-hybridized carbons (Fsp3) is 0.273. The number of nitrogens with two attached hydrogens (primary N) is 1. The fourth-order valence-corrected chi connectivity index (χ4v) is 6.12. The number of ketones is 1. The van der Waals surface area contributed by atoms with E-state index >= 15 is 0 Å². The van der Waals surface area contributed by atoms with Crippen LogP contribution in [-0.4, -0.2) is 57.2 Å². The van der Waals surface area contributed by atoms with Crippen LogP contribution in [0.15, 0.2) is 47.3 Å². The van der Waals surface area contributed by atoms with E-state index in [9.17, 15) is 23.4 Å². The third-order valence-corrected chi connectivity index (χ3v) is 8.23. The highest BCUT2D eigenvalue weighted by atomic mass is 79.9. The molecular formula is C22H22BrClN5O6S2. The summed E-state index contributed by atoms with van der Waals surface area (Å²) in [5.74, 6) is -1.12. The summed E-state index contributed by atoms with van der Waals surface area (Å²) < 4.78 is 33.8. The number of benzene rings is 1. The van der Waals surface area contributed by atoms with Crippen LogP contribution in [0.5, 0.6) is 0 Å². The number of nitrogens with zero attached hydrogens (tertiary/aromatic N) is 2. The standard InChI is InChI=1S/C22H22BrClN5O6S2/c23-12-3-1-2-10(4-12)17(25)13-6-16(36-21(13)24)19(31)14-8-26-9-27-22(14)29-15-5-11(18(30)20(15)32)7-28-37(33,34)35/h1-4,6-9,11,15,17-18,20,28,30,32H,5,25H2,(H,26,27,29)(H,33,34,35)/t11-,15-,17+,18-,20+/m1/s1. The summed E-state index contributed by atoms with van der Waals surface area (Å²) in [5, 5.41) is 23.7. The maximum atomic E-state index is 13.4. The normalized spacial score (nSPS) is 22.6. The van der Waals surface area contributed by atoms with Crippen molar-refractivity contribution >= 4 is 60.8 Å². The average Bonchev–Trinajstić information content (AvgIpc) is 3.36. The summed E-state index contributed by atoms with van der Waals surface area (Å²) in [7, 11) is -4.51. The van der Waals surface area contributed by atoms with Gasteiger partial charge in [0.1, 0.15) is 18.2 Å². The predicted octanol–water partition coefficient (Wildman–Crippen LogP) is 2.31. The largest absolute Gasteiger partial charge is 0.390 e. The Morgan fingerprint density at radius 1 is 1.30 bits per heavy atom. The first-order valence-corrected chi connectivity index (χ1v) is 14.2. The molecule has 1 fully saturated rings. The number of carbonyl (C=O) groups is 1. The van der Waals surface area contributed by atoms with Gasteiger partial charge in [-0.1, -0.05) is 39.7 Å². The van der Waals surface area contributed by atoms with Gasteiger partial charge in [0.25, 0.3) is 0 Å². The van der Waals surface area contributed by atoms with Gasteiger partial charge in [0, 0.05) is 28.7 Å². The van der Waals surface area contributed by atoms with E-state index in [1.165, 1.54) is 12.5 Å². The number of aliphatic hydroxyl groups is 2. The first kappa shape index (κ1) is 28.0. The van der Waals surface area contributed by atoms with E-state index in [0.29, 0.717) is 14.8 Å². The van der Waals surface area contributed by atoms with Crippen molar-refractivity contribution < 1.29 is 28.0 Å². The first-order valence-electron chi connectivity index (χ1n) is 10.8. The lowest BCUT2D eigenvalue weighted by Crippen LogP contribution is -2.36. The molecule has 11 nitrogen and oxygen atoms in total. The van der Waals surface area contributed by atoms with Crippen molar-refractivity contribution in [3.63, 3.8) is 0 Å². The van der Waals surface area contributed by atoms with Crippen LogP contribution in [0.2, 0.25) is 4.34 Å². The van der Waals surface area contributed by atoms with Crippen molar-refractivity contribution in [2.75, 3.05) is 5.32 Å². The van der Waals surface area contributed by atoms with Gasteiger partial charge in [-0.2, -0.15) is 13.1 Å². The number of aromatic nitrogens is 2. The molecule has 1 aliphatic rings. The predicted molar refractivity (Wildman–Crippen MR) is 141 cm³/mol. The van der Waals surface area contributed by atoms with E-state index in [2.05, 4.69) is 31.2 Å². The topological polar surface area (TPSA) is 188 Å². The fourth-order valence-electron chi connectivity index (χ4n) is 4.05. The van der Waals surface area contributed by atoms with Crippen LogP contribution in [-0.2, 0) is 10.3 Å². The van der Waals surface area contributed by atoms with Gasteiger partial charge in [-0.15, -0.1) is 11.3 Å². The molecule has 1 radical (unpaired) electrons. The van der Waals surface area contributed by atoms with Crippen molar-refractivity contribution in [3.05, 3.63) is 79.8 Å². The zero-order valence-electron chi connectivity index (χ0n) is 18.8. The van der Waals surface area contributed by atoms with Crippen molar-refractivity contribution in [2.24, 2.45) is 11.7 Å². The molecule has 0 saturated heterocycles. The van der Waals surface area contributed by atoms with Crippen LogP contribution in [0, 0.1) is 12.5 Å². The van der Waals surface area contributed by atoms with Crippen LogP contribution >= 0.6 is 38.9 Å². The number of rotatable bonds is 9. The molecule has 1 aliphatic carbocycles. The van der Waals surface area contributed by atoms with Crippen LogP contribution < -0.4 is 15.8 Å². The van der Waals surface area contributed by atoms with E-state index in [0.717, 1.165) is 27.9 Å². The van der Waals surface area contributed by atoms with Crippen molar-refractivity contribution in [1.29, 1.82) is 0 Å². The lowest BCUT2D eigenvalue weighted by Gasteiger charge is -2.19. The van der Waals surface area contributed by atoms with Gasteiger partial charge in [0.15, 0.2) is 0 Å². The number of carbonyl (C=O) groups excluding carboxylic acids is 1. The number of aliphatic hydroxyl groups excluding tert-OH is 2. The molecule has 3 aromatic rings. The van der Waals surface area contributed by atoms with Gasteiger partial charge in [-0.05, 0) is 30.2 Å². The Morgan fingerprint density at radius 3 is 2.76 bits per heavy atom. The average molecular weight is 632 g/mol. The number of halogens is 2. The minimum absolute atomic E-state index is 0.0823. The summed E-state index contributed by atoms with van der Waals surface area (Å²) >= 11 is 10.9. The first-order chi connectivity index (χ1) is 17.4. The van der Waals surface area contributed by atoms with E-state index in [-0.39, 0.29) is 17.8 Å². The van der Waals surface area contributed by atoms with Gasteiger partial charge in [0.2, 0.25) is 5.78 Å². The second-order valence-electron chi connectivity index (χ2n) is 8.38. The maximum absolute atomic E-state index is 13.4. The minimum Gasteiger partial charge on any atom is -0.390 e. The number of anilines is 1. The number of thiophene rings is 1. The molecule has 15 heteroatoms. The molecule has 2 heterocycles. The minimum atomic E-state index is -4.51. The van der Waals surface area contributed by atoms with Crippen molar-refractivity contribution in [1.82, 2.24) is 14.7 Å². The molecule has 37 heavy (non-hydrogen) atoms. The molecule has 1 saturated carbocycles. The summed E-state index contributed by atoms with van der Waals surface area (Å²) in [5.41, 5.74) is 7.90. The zero-order valence-corrected chi connectivity index (χ0v) is 22.8. The molecule has 197 valence electrons. The van der Waals surface area contributed by atoms with Crippen LogP contribution in [0.1, 0.15) is 38.8 Å². The lowest BCUT2D eigenvalue weighted by atomic mass is 10.0. The molecule has 0 amide bonds. The molecule has 5 atom stereocenters. The SMILES string of the molecule is N[C@@H](c1cccc(Br)c1)c1cc(C(=O)c2cncnc2N[C@@H]2C[C@H]([CH]NS(=O)(=O)O)[C@@H](O)[C@H]2O)sc1Cl. The van der Waals surface area contributed by atoms with Crippen LogP contribution in [0.3, 0.4) is 0 Å². The Hall–Kier alpha value is -2.01. The third-order valence-electron chi connectivity index (χ3n) is 5.92. The van der Waals surface area contributed by atoms with Gasteiger partial charge in [-0.3, -0.25) is 9.35 Å². The van der Waals surface area contributed by atoms with Crippen molar-refractivity contribution in [2.45, 2.75) is 30.7 Å². The highest BCUT2D eigenvalue weighted by Crippen LogP contribution is 2.37.